The molecular formula is C13H13N3O2. The number of aryl methyl sites for hydroxylation is 2. The summed E-state index contributed by atoms with van der Waals surface area (Å²) >= 11 is 0. The van der Waals surface area contributed by atoms with Gasteiger partial charge in [0.1, 0.15) is 11.4 Å². The van der Waals surface area contributed by atoms with Gasteiger partial charge in [-0.2, -0.15) is 0 Å². The fourth-order valence-corrected chi connectivity index (χ4v) is 1.54. The van der Waals surface area contributed by atoms with Crippen LogP contribution >= 0.6 is 0 Å². The zero-order valence-corrected chi connectivity index (χ0v) is 10.2. The van der Waals surface area contributed by atoms with E-state index in [4.69, 9.17) is 0 Å². The zero-order chi connectivity index (χ0) is 13.1. The third-order valence-electron chi connectivity index (χ3n) is 2.54. The summed E-state index contributed by atoms with van der Waals surface area (Å²) in [5.41, 5.74) is 1.32. The molecule has 0 fully saturated rings. The number of aromatic amines is 1. The van der Waals surface area contributed by atoms with Gasteiger partial charge in [-0.05, 0) is 25.5 Å². The third kappa shape index (κ3) is 2.45. The topological polar surface area (TPSA) is 74.8 Å². The van der Waals surface area contributed by atoms with Crippen molar-refractivity contribution in [2.24, 2.45) is 0 Å². The molecule has 92 valence electrons. The number of H-pyrrole nitrogens is 1. The van der Waals surface area contributed by atoms with Crippen LogP contribution in [0, 0.1) is 13.8 Å². The first-order chi connectivity index (χ1) is 8.58. The van der Waals surface area contributed by atoms with E-state index in [0.717, 1.165) is 5.56 Å². The van der Waals surface area contributed by atoms with E-state index in [-0.39, 0.29) is 11.0 Å². The number of hydrogen-bond acceptors (Lipinski definition) is 3. The van der Waals surface area contributed by atoms with Crippen molar-refractivity contribution >= 4 is 11.7 Å². The molecule has 0 spiro atoms. The summed E-state index contributed by atoms with van der Waals surface area (Å²) in [6, 6.07) is 5.01. The van der Waals surface area contributed by atoms with Crippen LogP contribution in [0.1, 0.15) is 21.6 Å². The number of rotatable bonds is 2. The molecule has 0 saturated carbocycles. The molecule has 2 rings (SSSR count). The van der Waals surface area contributed by atoms with Gasteiger partial charge in [-0.1, -0.05) is 6.07 Å². The van der Waals surface area contributed by atoms with Crippen molar-refractivity contribution in [1.29, 1.82) is 0 Å². The van der Waals surface area contributed by atoms with Gasteiger partial charge in [0.2, 0.25) is 0 Å². The van der Waals surface area contributed by atoms with Crippen molar-refractivity contribution in [3.63, 3.8) is 0 Å². The van der Waals surface area contributed by atoms with Crippen molar-refractivity contribution < 1.29 is 4.79 Å². The minimum Gasteiger partial charge on any atom is -0.364 e. The van der Waals surface area contributed by atoms with E-state index in [2.05, 4.69) is 15.3 Å². The van der Waals surface area contributed by atoms with Crippen LogP contribution in [0.15, 0.2) is 35.4 Å². The summed E-state index contributed by atoms with van der Waals surface area (Å²) in [6.07, 6.45) is 2.99. The molecule has 0 aliphatic heterocycles. The quantitative estimate of drug-likeness (QED) is 0.842. The minimum atomic E-state index is -0.460. The maximum Gasteiger partial charge on any atom is 0.262 e. The highest BCUT2D eigenvalue weighted by atomic mass is 16.2. The highest BCUT2D eigenvalue weighted by Crippen LogP contribution is 2.09. The lowest BCUT2D eigenvalue weighted by molar-refractivity contribution is 0.102. The average molecular weight is 243 g/mol. The van der Waals surface area contributed by atoms with Gasteiger partial charge in [0, 0.05) is 24.2 Å². The molecule has 5 nitrogen and oxygen atoms in total. The van der Waals surface area contributed by atoms with Gasteiger partial charge >= 0.3 is 0 Å². The Morgan fingerprint density at radius 1 is 1.39 bits per heavy atom. The number of carbonyl (C=O) groups excluding carboxylic acids is 1. The first kappa shape index (κ1) is 12.0. The second kappa shape index (κ2) is 4.83. The number of aromatic nitrogens is 2. The van der Waals surface area contributed by atoms with Crippen LogP contribution in [0.4, 0.5) is 5.82 Å². The summed E-state index contributed by atoms with van der Waals surface area (Å²) in [5.74, 6) is 0.000486. The highest BCUT2D eigenvalue weighted by Gasteiger charge is 2.11. The molecule has 0 aliphatic carbocycles. The smallest absolute Gasteiger partial charge is 0.262 e. The standard InChI is InChI=1S/C13H13N3O2/c1-8-4-3-5-14-12(8)16-13(18)10-7-15-9(2)6-11(10)17/h3-7H,1-2H3,(H,15,17)(H,14,16,18). The molecule has 0 saturated heterocycles. The predicted octanol–water partition coefficient (Wildman–Crippen LogP) is 1.64. The predicted molar refractivity (Wildman–Crippen MR) is 68.7 cm³/mol. The molecule has 0 bridgehead atoms. The Kier molecular flexibility index (Phi) is 3.23. The summed E-state index contributed by atoms with van der Waals surface area (Å²) in [4.78, 5) is 30.5. The summed E-state index contributed by atoms with van der Waals surface area (Å²) in [5, 5.41) is 2.62. The molecule has 0 aromatic carbocycles. The van der Waals surface area contributed by atoms with Crippen LogP contribution in [0.3, 0.4) is 0 Å². The molecule has 0 atom stereocenters. The second-order valence-electron chi connectivity index (χ2n) is 4.02. The third-order valence-corrected chi connectivity index (χ3v) is 2.54. The van der Waals surface area contributed by atoms with Gasteiger partial charge in [-0.3, -0.25) is 9.59 Å². The lowest BCUT2D eigenvalue weighted by Gasteiger charge is -2.06. The Morgan fingerprint density at radius 2 is 2.17 bits per heavy atom. The Balaban J connectivity index is 2.28. The molecule has 1 amide bonds. The van der Waals surface area contributed by atoms with Gasteiger partial charge < -0.3 is 10.3 Å². The number of carbonyl (C=O) groups is 1. The number of nitrogens with zero attached hydrogens (tertiary/aromatic N) is 1. The lowest BCUT2D eigenvalue weighted by Crippen LogP contribution is -2.22. The minimum absolute atomic E-state index is 0.0747. The van der Waals surface area contributed by atoms with E-state index in [9.17, 15) is 9.59 Å². The first-order valence-corrected chi connectivity index (χ1v) is 5.50. The van der Waals surface area contributed by atoms with Crippen molar-refractivity contribution in [3.05, 3.63) is 57.6 Å². The number of hydrogen-bond donors (Lipinski definition) is 2. The zero-order valence-electron chi connectivity index (χ0n) is 10.2. The van der Waals surface area contributed by atoms with E-state index in [1.54, 1.807) is 19.2 Å². The molecular weight excluding hydrogens is 230 g/mol. The molecule has 0 radical (unpaired) electrons. The average Bonchev–Trinajstić information content (AvgIpc) is 2.32. The normalized spacial score (nSPS) is 10.1. The largest absolute Gasteiger partial charge is 0.364 e. The van der Waals surface area contributed by atoms with E-state index in [0.29, 0.717) is 11.5 Å². The summed E-state index contributed by atoms with van der Waals surface area (Å²) in [6.45, 7) is 3.59. The van der Waals surface area contributed by atoms with Gasteiger partial charge in [-0.15, -0.1) is 0 Å². The van der Waals surface area contributed by atoms with Crippen molar-refractivity contribution in [1.82, 2.24) is 9.97 Å². The van der Waals surface area contributed by atoms with E-state index in [1.807, 2.05) is 13.0 Å². The van der Waals surface area contributed by atoms with Crippen LogP contribution < -0.4 is 10.7 Å². The van der Waals surface area contributed by atoms with Crippen LogP contribution in [-0.2, 0) is 0 Å². The van der Waals surface area contributed by atoms with E-state index in [1.165, 1.54) is 12.3 Å². The SMILES string of the molecule is Cc1cc(=O)c(C(=O)Nc2ncccc2C)c[nH]1. The molecule has 2 N–H and O–H groups in total. The van der Waals surface area contributed by atoms with Crippen molar-refractivity contribution in [3.8, 4) is 0 Å². The number of pyridine rings is 2. The molecule has 2 aromatic heterocycles. The van der Waals surface area contributed by atoms with Gasteiger partial charge in [0.15, 0.2) is 5.43 Å². The Bertz CT molecular complexity index is 647. The van der Waals surface area contributed by atoms with E-state index < -0.39 is 5.91 Å². The summed E-state index contributed by atoms with van der Waals surface area (Å²) < 4.78 is 0. The maximum atomic E-state index is 11.9. The number of anilines is 1. The Morgan fingerprint density at radius 3 is 2.83 bits per heavy atom. The fraction of sp³-hybridized carbons (Fsp3) is 0.154. The molecule has 2 aromatic rings. The monoisotopic (exact) mass is 243 g/mol. The Hall–Kier alpha value is -2.43. The molecule has 2 heterocycles. The summed E-state index contributed by atoms with van der Waals surface area (Å²) in [7, 11) is 0. The van der Waals surface area contributed by atoms with Crippen LogP contribution in [-0.4, -0.2) is 15.9 Å². The number of amides is 1. The van der Waals surface area contributed by atoms with Gasteiger partial charge in [0.25, 0.3) is 5.91 Å². The van der Waals surface area contributed by atoms with Crippen molar-refractivity contribution in [2.75, 3.05) is 5.32 Å². The van der Waals surface area contributed by atoms with Crippen molar-refractivity contribution in [2.45, 2.75) is 13.8 Å². The second-order valence-corrected chi connectivity index (χ2v) is 4.02. The first-order valence-electron chi connectivity index (χ1n) is 5.50. The Labute approximate surface area is 104 Å². The van der Waals surface area contributed by atoms with Crippen LogP contribution in [0.25, 0.3) is 0 Å². The van der Waals surface area contributed by atoms with Gasteiger partial charge in [0.05, 0.1) is 0 Å². The molecule has 5 heteroatoms. The molecule has 0 aliphatic rings. The maximum absolute atomic E-state index is 11.9. The highest BCUT2D eigenvalue weighted by molar-refractivity contribution is 6.03. The lowest BCUT2D eigenvalue weighted by atomic mass is 10.2. The fourth-order valence-electron chi connectivity index (χ4n) is 1.54. The van der Waals surface area contributed by atoms with Crippen LogP contribution in [0.5, 0.6) is 0 Å². The number of nitrogens with one attached hydrogen (secondary N) is 2. The molecule has 0 unspecified atom stereocenters. The van der Waals surface area contributed by atoms with Gasteiger partial charge in [-0.25, -0.2) is 4.98 Å². The van der Waals surface area contributed by atoms with E-state index >= 15 is 0 Å². The van der Waals surface area contributed by atoms with Crippen LogP contribution in [0.2, 0.25) is 0 Å². The molecule has 18 heavy (non-hydrogen) atoms.